The SMILES string of the molecule is CC(NC(=O)[C@@H]1Cc2ccccc2N1)C(C)(C)C. The van der Waals surface area contributed by atoms with Crippen LogP contribution in [0.1, 0.15) is 33.3 Å². The number of amides is 1. The molecule has 0 aliphatic carbocycles. The van der Waals surface area contributed by atoms with Gasteiger partial charge in [0.15, 0.2) is 0 Å². The van der Waals surface area contributed by atoms with Crippen LogP contribution in [0, 0.1) is 5.41 Å². The average Bonchev–Trinajstić information content (AvgIpc) is 2.71. The third-order valence-corrected chi connectivity index (χ3v) is 3.75. The molecule has 2 atom stereocenters. The fourth-order valence-corrected chi connectivity index (χ4v) is 1.99. The highest BCUT2D eigenvalue weighted by Crippen LogP contribution is 2.26. The van der Waals surface area contributed by atoms with Crippen molar-refractivity contribution in [3.63, 3.8) is 0 Å². The predicted molar refractivity (Wildman–Crippen MR) is 74.6 cm³/mol. The van der Waals surface area contributed by atoms with Crippen LogP contribution in [-0.4, -0.2) is 18.0 Å². The van der Waals surface area contributed by atoms with Crippen molar-refractivity contribution in [2.45, 2.75) is 46.2 Å². The average molecular weight is 246 g/mol. The van der Waals surface area contributed by atoms with Crippen LogP contribution in [0.4, 0.5) is 5.69 Å². The normalized spacial score (nSPS) is 19.9. The number of hydrogen-bond donors (Lipinski definition) is 2. The molecule has 1 amide bonds. The maximum atomic E-state index is 12.2. The molecule has 98 valence electrons. The maximum absolute atomic E-state index is 12.2. The van der Waals surface area contributed by atoms with E-state index in [0.29, 0.717) is 0 Å². The molecule has 1 aromatic carbocycles. The first kappa shape index (κ1) is 12.9. The van der Waals surface area contributed by atoms with Gasteiger partial charge in [0, 0.05) is 18.2 Å². The number of anilines is 1. The van der Waals surface area contributed by atoms with Crippen LogP contribution in [-0.2, 0) is 11.2 Å². The lowest BCUT2D eigenvalue weighted by molar-refractivity contribution is -0.123. The second kappa shape index (κ2) is 4.63. The number of hydrogen-bond acceptors (Lipinski definition) is 2. The Morgan fingerprint density at radius 2 is 2.06 bits per heavy atom. The molecule has 1 aliphatic heterocycles. The van der Waals surface area contributed by atoms with E-state index in [-0.39, 0.29) is 23.4 Å². The minimum atomic E-state index is -0.132. The summed E-state index contributed by atoms with van der Waals surface area (Å²) in [5, 5.41) is 6.37. The highest BCUT2D eigenvalue weighted by atomic mass is 16.2. The van der Waals surface area contributed by atoms with Gasteiger partial charge in [-0.3, -0.25) is 4.79 Å². The molecular formula is C15H22N2O. The topological polar surface area (TPSA) is 41.1 Å². The van der Waals surface area contributed by atoms with E-state index in [0.717, 1.165) is 12.1 Å². The summed E-state index contributed by atoms with van der Waals surface area (Å²) in [4.78, 5) is 12.2. The van der Waals surface area contributed by atoms with E-state index in [1.54, 1.807) is 0 Å². The van der Waals surface area contributed by atoms with Crippen LogP contribution < -0.4 is 10.6 Å². The zero-order chi connectivity index (χ0) is 13.3. The van der Waals surface area contributed by atoms with Crippen LogP contribution in [0.5, 0.6) is 0 Å². The summed E-state index contributed by atoms with van der Waals surface area (Å²) in [5.74, 6) is 0.0913. The van der Waals surface area contributed by atoms with Crippen molar-refractivity contribution in [2.24, 2.45) is 5.41 Å². The number of carbonyl (C=O) groups is 1. The first-order chi connectivity index (χ1) is 8.38. The monoisotopic (exact) mass is 246 g/mol. The molecule has 0 bridgehead atoms. The minimum absolute atomic E-state index is 0.0844. The number of rotatable bonds is 2. The molecular weight excluding hydrogens is 224 g/mol. The molecule has 0 radical (unpaired) electrons. The minimum Gasteiger partial charge on any atom is -0.373 e. The molecule has 3 heteroatoms. The van der Waals surface area contributed by atoms with Gasteiger partial charge in [-0.2, -0.15) is 0 Å². The van der Waals surface area contributed by atoms with E-state index in [1.807, 2.05) is 18.2 Å². The van der Waals surface area contributed by atoms with Crippen LogP contribution in [0.25, 0.3) is 0 Å². The molecule has 1 heterocycles. The quantitative estimate of drug-likeness (QED) is 0.842. The first-order valence-electron chi connectivity index (χ1n) is 6.53. The fourth-order valence-electron chi connectivity index (χ4n) is 1.99. The van der Waals surface area contributed by atoms with Gasteiger partial charge in [0.05, 0.1) is 0 Å². The third-order valence-electron chi connectivity index (χ3n) is 3.75. The fraction of sp³-hybridized carbons (Fsp3) is 0.533. The summed E-state index contributed by atoms with van der Waals surface area (Å²) in [7, 11) is 0. The number of carbonyl (C=O) groups excluding carboxylic acids is 1. The Balaban J connectivity index is 1.98. The van der Waals surface area contributed by atoms with Crippen molar-refractivity contribution in [3.8, 4) is 0 Å². The Morgan fingerprint density at radius 1 is 1.39 bits per heavy atom. The summed E-state index contributed by atoms with van der Waals surface area (Å²) in [5.41, 5.74) is 2.39. The van der Waals surface area contributed by atoms with Crippen molar-refractivity contribution in [2.75, 3.05) is 5.32 Å². The zero-order valence-corrected chi connectivity index (χ0v) is 11.6. The molecule has 0 spiro atoms. The number of para-hydroxylation sites is 1. The van der Waals surface area contributed by atoms with Crippen LogP contribution in [0.15, 0.2) is 24.3 Å². The van der Waals surface area contributed by atoms with Gasteiger partial charge in [-0.1, -0.05) is 39.0 Å². The van der Waals surface area contributed by atoms with E-state index in [1.165, 1.54) is 5.56 Å². The van der Waals surface area contributed by atoms with Gasteiger partial charge >= 0.3 is 0 Å². The molecule has 1 aromatic rings. The highest BCUT2D eigenvalue weighted by molar-refractivity contribution is 5.87. The van der Waals surface area contributed by atoms with E-state index in [9.17, 15) is 4.79 Å². The van der Waals surface area contributed by atoms with Gasteiger partial charge in [0.25, 0.3) is 0 Å². The highest BCUT2D eigenvalue weighted by Gasteiger charge is 2.29. The van der Waals surface area contributed by atoms with E-state index in [2.05, 4.69) is 44.4 Å². The maximum Gasteiger partial charge on any atom is 0.243 e. The van der Waals surface area contributed by atoms with Crippen molar-refractivity contribution >= 4 is 11.6 Å². The molecule has 0 fully saturated rings. The Kier molecular flexibility index (Phi) is 3.33. The molecule has 0 saturated heterocycles. The van der Waals surface area contributed by atoms with Crippen molar-refractivity contribution in [3.05, 3.63) is 29.8 Å². The lowest BCUT2D eigenvalue weighted by atomic mass is 9.88. The van der Waals surface area contributed by atoms with Crippen LogP contribution >= 0.6 is 0 Å². The second-order valence-electron chi connectivity index (χ2n) is 6.15. The van der Waals surface area contributed by atoms with Gasteiger partial charge in [-0.15, -0.1) is 0 Å². The number of nitrogens with one attached hydrogen (secondary N) is 2. The molecule has 3 nitrogen and oxygen atoms in total. The standard InChI is InChI=1S/C15H22N2O/c1-10(15(2,3)4)16-14(18)13-9-11-7-5-6-8-12(11)17-13/h5-8,10,13,17H,9H2,1-4H3,(H,16,18)/t10?,13-/m0/s1. The Hall–Kier alpha value is -1.51. The molecule has 0 saturated carbocycles. The van der Waals surface area contributed by atoms with Gasteiger partial charge < -0.3 is 10.6 Å². The predicted octanol–water partition coefficient (Wildman–Crippen LogP) is 2.57. The first-order valence-corrected chi connectivity index (χ1v) is 6.53. The summed E-state index contributed by atoms with van der Waals surface area (Å²) >= 11 is 0. The lowest BCUT2D eigenvalue weighted by Crippen LogP contribution is -2.47. The Bertz CT molecular complexity index is 423. The lowest BCUT2D eigenvalue weighted by Gasteiger charge is -2.29. The summed E-state index contributed by atoms with van der Waals surface area (Å²) in [6.45, 7) is 8.46. The summed E-state index contributed by atoms with van der Waals surface area (Å²) in [6, 6.07) is 8.13. The van der Waals surface area contributed by atoms with E-state index in [4.69, 9.17) is 0 Å². The van der Waals surface area contributed by atoms with Gasteiger partial charge in [-0.05, 0) is 24.0 Å². The zero-order valence-electron chi connectivity index (χ0n) is 11.6. The van der Waals surface area contributed by atoms with Crippen LogP contribution in [0.2, 0.25) is 0 Å². The van der Waals surface area contributed by atoms with Gasteiger partial charge in [0.2, 0.25) is 5.91 Å². The molecule has 2 rings (SSSR count). The number of benzene rings is 1. The van der Waals surface area contributed by atoms with Gasteiger partial charge in [-0.25, -0.2) is 0 Å². The number of fused-ring (bicyclic) bond motifs is 1. The van der Waals surface area contributed by atoms with Crippen molar-refractivity contribution in [1.82, 2.24) is 5.32 Å². The van der Waals surface area contributed by atoms with Crippen molar-refractivity contribution in [1.29, 1.82) is 0 Å². The summed E-state index contributed by atoms with van der Waals surface area (Å²) < 4.78 is 0. The van der Waals surface area contributed by atoms with Crippen molar-refractivity contribution < 1.29 is 4.79 Å². The van der Waals surface area contributed by atoms with E-state index < -0.39 is 0 Å². The largest absolute Gasteiger partial charge is 0.373 e. The Morgan fingerprint density at radius 3 is 2.67 bits per heavy atom. The molecule has 2 N–H and O–H groups in total. The molecule has 18 heavy (non-hydrogen) atoms. The molecule has 0 aromatic heterocycles. The molecule has 1 unspecified atom stereocenters. The third kappa shape index (κ3) is 2.66. The van der Waals surface area contributed by atoms with Crippen LogP contribution in [0.3, 0.4) is 0 Å². The van der Waals surface area contributed by atoms with E-state index >= 15 is 0 Å². The Labute approximate surface area is 109 Å². The summed E-state index contributed by atoms with van der Waals surface area (Å²) in [6.07, 6.45) is 0.777. The smallest absolute Gasteiger partial charge is 0.243 e. The second-order valence-corrected chi connectivity index (χ2v) is 6.15. The van der Waals surface area contributed by atoms with Gasteiger partial charge in [0.1, 0.15) is 6.04 Å². The molecule has 1 aliphatic rings.